The van der Waals surface area contributed by atoms with E-state index in [-0.39, 0.29) is 21.1 Å². The standard InChI is InChI=1S/H4N2O.Pt/c1-3-2;/h1-2H2;. The number of hydrogen-bond acceptors (Lipinski definition) is 3. The molecule has 0 fully saturated rings. The Morgan fingerprint density at radius 3 is 1.25 bits per heavy atom. The van der Waals surface area contributed by atoms with Gasteiger partial charge < -0.3 is 0 Å². The smallest absolute Gasteiger partial charge is 0 e. The van der Waals surface area contributed by atoms with Crippen LogP contribution < -0.4 is 11.8 Å². The Morgan fingerprint density at radius 2 is 1.25 bits per heavy atom. The first kappa shape index (κ1) is 8.82. The van der Waals surface area contributed by atoms with Crippen LogP contribution in [-0.4, -0.2) is 0 Å². The molecule has 0 radical (unpaired) electrons. The quantitative estimate of drug-likeness (QED) is 0.522. The molecule has 0 rings (SSSR count). The van der Waals surface area contributed by atoms with Crippen molar-refractivity contribution in [2.24, 2.45) is 11.8 Å². The Hall–Kier alpha value is 0.568. The van der Waals surface area contributed by atoms with Gasteiger partial charge in [0.2, 0.25) is 0 Å². The van der Waals surface area contributed by atoms with E-state index in [0.717, 1.165) is 0 Å². The fourth-order valence-electron chi connectivity index (χ4n) is 0. The van der Waals surface area contributed by atoms with Crippen molar-refractivity contribution in [2.75, 3.05) is 0 Å². The summed E-state index contributed by atoms with van der Waals surface area (Å²) < 4.78 is 0. The molecule has 0 aliphatic rings. The van der Waals surface area contributed by atoms with Gasteiger partial charge in [-0.3, -0.25) is 0 Å². The van der Waals surface area contributed by atoms with Crippen LogP contribution in [0.4, 0.5) is 0 Å². The van der Waals surface area contributed by atoms with Gasteiger partial charge in [0.1, 0.15) is 0 Å². The van der Waals surface area contributed by atoms with Crippen molar-refractivity contribution in [3.63, 3.8) is 0 Å². The van der Waals surface area contributed by atoms with Gasteiger partial charge in [0.25, 0.3) is 0 Å². The normalized spacial score (nSPS) is 4.50. The van der Waals surface area contributed by atoms with Gasteiger partial charge in [0.15, 0.2) is 0 Å². The molecule has 4 N–H and O–H groups in total. The van der Waals surface area contributed by atoms with Crippen LogP contribution in [0.5, 0.6) is 0 Å². The first-order valence-corrected chi connectivity index (χ1v) is 0.471. The number of hydrogen-bond donors (Lipinski definition) is 2. The molecule has 0 unspecified atom stereocenters. The summed E-state index contributed by atoms with van der Waals surface area (Å²) in [5, 5.41) is 0. The SMILES string of the molecule is NON.[Pt]. The van der Waals surface area contributed by atoms with Crippen LogP contribution in [-0.2, 0) is 26.0 Å². The third-order valence-corrected chi connectivity index (χ3v) is 0. The van der Waals surface area contributed by atoms with Crippen LogP contribution in [0.2, 0.25) is 0 Å². The molecule has 4 heavy (non-hydrogen) atoms. The van der Waals surface area contributed by atoms with Crippen molar-refractivity contribution in [1.82, 2.24) is 0 Å². The molecule has 3 nitrogen and oxygen atoms in total. The van der Waals surface area contributed by atoms with Crippen molar-refractivity contribution in [2.45, 2.75) is 0 Å². The van der Waals surface area contributed by atoms with Gasteiger partial charge in [0, 0.05) is 21.1 Å². The van der Waals surface area contributed by atoms with Gasteiger partial charge in [0.05, 0.1) is 0 Å². The second kappa shape index (κ2) is 9.57. The third-order valence-electron chi connectivity index (χ3n) is 0. The molecule has 0 aliphatic heterocycles. The van der Waals surface area contributed by atoms with E-state index in [1.54, 1.807) is 0 Å². The maximum absolute atomic E-state index is 4.12. The molecule has 0 aromatic heterocycles. The fraction of sp³-hybridized carbons (Fsp3) is 0. The largest absolute Gasteiger partial charge is 0.220 e. The zero-order valence-electron chi connectivity index (χ0n) is 1.88. The van der Waals surface area contributed by atoms with Crippen molar-refractivity contribution < 1.29 is 26.0 Å². The Bertz CT molecular complexity index is 6.00. The zero-order valence-corrected chi connectivity index (χ0v) is 4.15. The Balaban J connectivity index is 0. The minimum absolute atomic E-state index is 0. The summed E-state index contributed by atoms with van der Waals surface area (Å²) in [6.45, 7) is 0. The third kappa shape index (κ3) is 19.6. The Labute approximate surface area is 38.5 Å². The molecular formula is H4N2OPt. The van der Waals surface area contributed by atoms with Crippen molar-refractivity contribution in [3.05, 3.63) is 0 Å². The molecule has 0 aromatic carbocycles. The first-order valence-electron chi connectivity index (χ1n) is 0.471. The molecule has 0 bridgehead atoms. The number of rotatable bonds is 0. The maximum Gasteiger partial charge on any atom is 0 e. The Morgan fingerprint density at radius 1 is 1.25 bits per heavy atom. The summed E-state index contributed by atoms with van der Waals surface area (Å²) >= 11 is 0. The predicted octanol–water partition coefficient (Wildman–Crippen LogP) is -1.25. The average molecular weight is 243 g/mol. The molecule has 0 saturated carbocycles. The molecule has 0 aliphatic carbocycles. The maximum atomic E-state index is 4.12. The monoisotopic (exact) mass is 243 g/mol. The summed E-state index contributed by atoms with van der Waals surface area (Å²) in [4.78, 5) is 3.25. The van der Waals surface area contributed by atoms with Crippen molar-refractivity contribution >= 4 is 0 Å². The van der Waals surface area contributed by atoms with Gasteiger partial charge in [-0.2, -0.15) is 11.8 Å². The van der Waals surface area contributed by atoms with Gasteiger partial charge in [-0.25, -0.2) is 4.94 Å². The minimum Gasteiger partial charge on any atom is -0.220 e. The minimum atomic E-state index is 0. The molecule has 0 saturated heterocycles. The van der Waals surface area contributed by atoms with Crippen LogP contribution in [0.25, 0.3) is 0 Å². The van der Waals surface area contributed by atoms with Crippen LogP contribution in [0.1, 0.15) is 0 Å². The first-order chi connectivity index (χ1) is 1.41. The van der Waals surface area contributed by atoms with Gasteiger partial charge in [-0.05, 0) is 0 Å². The van der Waals surface area contributed by atoms with Crippen molar-refractivity contribution in [3.8, 4) is 0 Å². The molecule has 4 heteroatoms. The molecule has 0 atom stereocenters. The molecule has 0 heterocycles. The second-order valence-corrected chi connectivity index (χ2v) is 0.136. The summed E-state index contributed by atoms with van der Waals surface area (Å²) in [7, 11) is 0. The molecular weight excluding hydrogens is 239 g/mol. The average Bonchev–Trinajstić information content (AvgIpc) is 0.918. The van der Waals surface area contributed by atoms with E-state index in [1.807, 2.05) is 0 Å². The van der Waals surface area contributed by atoms with Gasteiger partial charge >= 0.3 is 0 Å². The van der Waals surface area contributed by atoms with Gasteiger partial charge in [-0.15, -0.1) is 0 Å². The predicted molar refractivity (Wildman–Crippen MR) is 9.46 cm³/mol. The van der Waals surface area contributed by atoms with Gasteiger partial charge in [-0.1, -0.05) is 0 Å². The summed E-state index contributed by atoms with van der Waals surface area (Å²) in [5.74, 6) is 8.25. The fourth-order valence-corrected chi connectivity index (χ4v) is 0. The number of nitrogens with two attached hydrogens (primary N) is 2. The van der Waals surface area contributed by atoms with E-state index >= 15 is 0 Å². The van der Waals surface area contributed by atoms with E-state index in [0.29, 0.717) is 0 Å². The summed E-state index contributed by atoms with van der Waals surface area (Å²) in [6.07, 6.45) is 0. The molecule has 30 valence electrons. The zero-order chi connectivity index (χ0) is 2.71. The molecule has 0 spiro atoms. The van der Waals surface area contributed by atoms with Crippen LogP contribution >= 0.6 is 0 Å². The van der Waals surface area contributed by atoms with Crippen LogP contribution in [0.15, 0.2) is 0 Å². The van der Waals surface area contributed by atoms with Crippen LogP contribution in [0.3, 0.4) is 0 Å². The Kier molecular flexibility index (Phi) is 21.1. The van der Waals surface area contributed by atoms with E-state index in [9.17, 15) is 0 Å². The van der Waals surface area contributed by atoms with E-state index in [4.69, 9.17) is 0 Å². The summed E-state index contributed by atoms with van der Waals surface area (Å²) in [6, 6.07) is 0. The summed E-state index contributed by atoms with van der Waals surface area (Å²) in [5.41, 5.74) is 0. The molecule has 0 amide bonds. The second-order valence-electron chi connectivity index (χ2n) is 0.136. The van der Waals surface area contributed by atoms with E-state index in [2.05, 4.69) is 16.7 Å². The molecule has 0 aromatic rings. The van der Waals surface area contributed by atoms with E-state index < -0.39 is 0 Å². The van der Waals surface area contributed by atoms with E-state index in [1.165, 1.54) is 0 Å². The topological polar surface area (TPSA) is 61.3 Å². The van der Waals surface area contributed by atoms with Crippen molar-refractivity contribution in [1.29, 1.82) is 0 Å². The van der Waals surface area contributed by atoms with Crippen LogP contribution in [0, 0.1) is 0 Å².